The van der Waals surface area contributed by atoms with Gasteiger partial charge in [0, 0.05) is 6.07 Å². The van der Waals surface area contributed by atoms with Crippen molar-refractivity contribution in [2.45, 2.75) is 33.1 Å². The first-order valence-corrected chi connectivity index (χ1v) is 11.9. The van der Waals surface area contributed by atoms with Crippen molar-refractivity contribution in [2.75, 3.05) is 31.3 Å². The Hall–Kier alpha value is -3.07. The largest absolute Gasteiger partial charge is 0.497 e. The molecule has 1 amide bonds. The molecule has 0 atom stereocenters. The molecule has 0 aromatic heterocycles. The Kier molecular flexibility index (Phi) is 7.90. The number of nitrogens with one attached hydrogen (secondary N) is 1. The second-order valence-electron chi connectivity index (χ2n) is 8.37. The van der Waals surface area contributed by atoms with Crippen molar-refractivity contribution in [1.82, 2.24) is 5.43 Å². The van der Waals surface area contributed by atoms with Crippen LogP contribution in [-0.2, 0) is 20.2 Å². The van der Waals surface area contributed by atoms with Crippen LogP contribution in [0.3, 0.4) is 0 Å². The molecule has 0 radical (unpaired) electrons. The first-order valence-electron chi connectivity index (χ1n) is 10.0. The normalized spacial score (nSPS) is 12.3. The maximum absolute atomic E-state index is 12.6. The molecule has 0 unspecified atom stereocenters. The second-order valence-corrected chi connectivity index (χ2v) is 10.3. The minimum absolute atomic E-state index is 0.0358. The van der Waals surface area contributed by atoms with Crippen molar-refractivity contribution in [1.29, 1.82) is 0 Å². The molecule has 0 aliphatic rings. The van der Waals surface area contributed by atoms with Gasteiger partial charge in [-0.1, -0.05) is 45.0 Å². The molecule has 9 heteroatoms. The molecule has 1 N–H and O–H groups in total. The Bertz CT molecular complexity index is 1090. The summed E-state index contributed by atoms with van der Waals surface area (Å²) >= 11 is 0. The molecule has 0 spiro atoms. The van der Waals surface area contributed by atoms with Crippen molar-refractivity contribution in [3.05, 3.63) is 53.6 Å². The average Bonchev–Trinajstić information content (AvgIpc) is 2.74. The highest BCUT2D eigenvalue weighted by Gasteiger charge is 2.24. The number of sulfonamides is 1. The lowest BCUT2D eigenvalue weighted by Crippen LogP contribution is -2.39. The van der Waals surface area contributed by atoms with Gasteiger partial charge in [0.25, 0.3) is 5.91 Å². The van der Waals surface area contributed by atoms with Crippen molar-refractivity contribution >= 4 is 27.3 Å². The standard InChI is InChI=1S/C23H31N3O5S/c1-16(17-8-10-18(11-9-17)23(2,3)4)24-25-22(27)15-26(32(7,28)29)20-14-19(30-5)12-13-21(20)31-6/h8-14H,15H2,1-7H3,(H,25,27)/b24-16-. The zero-order chi connectivity index (χ0) is 24.1. The van der Waals surface area contributed by atoms with Crippen LogP contribution in [0.4, 0.5) is 5.69 Å². The molecule has 32 heavy (non-hydrogen) atoms. The second kappa shape index (κ2) is 10.0. The summed E-state index contributed by atoms with van der Waals surface area (Å²) in [4.78, 5) is 12.6. The number of hydrogen-bond acceptors (Lipinski definition) is 6. The summed E-state index contributed by atoms with van der Waals surface area (Å²) in [5.41, 5.74) is 5.31. The lowest BCUT2D eigenvalue weighted by atomic mass is 9.86. The molecule has 0 fully saturated rings. The summed E-state index contributed by atoms with van der Waals surface area (Å²) in [6.07, 6.45) is 1.02. The van der Waals surface area contributed by atoms with E-state index in [1.807, 2.05) is 24.3 Å². The maximum Gasteiger partial charge on any atom is 0.260 e. The molecule has 0 heterocycles. The summed E-state index contributed by atoms with van der Waals surface area (Å²) in [6.45, 7) is 7.70. The van der Waals surface area contributed by atoms with Crippen molar-refractivity contribution in [3.8, 4) is 11.5 Å². The van der Waals surface area contributed by atoms with Crippen LogP contribution in [0.1, 0.15) is 38.8 Å². The Morgan fingerprint density at radius 2 is 1.69 bits per heavy atom. The smallest absolute Gasteiger partial charge is 0.260 e. The number of hydrazone groups is 1. The van der Waals surface area contributed by atoms with Crippen LogP contribution >= 0.6 is 0 Å². The first kappa shape index (κ1) is 25.2. The topological polar surface area (TPSA) is 97.3 Å². The van der Waals surface area contributed by atoms with E-state index in [2.05, 4.69) is 31.3 Å². The van der Waals surface area contributed by atoms with Crippen LogP contribution in [0, 0.1) is 0 Å². The van der Waals surface area contributed by atoms with Crippen LogP contribution in [0.5, 0.6) is 11.5 Å². The predicted molar refractivity (Wildman–Crippen MR) is 127 cm³/mol. The fourth-order valence-corrected chi connectivity index (χ4v) is 3.81. The van der Waals surface area contributed by atoms with E-state index in [1.54, 1.807) is 19.1 Å². The van der Waals surface area contributed by atoms with E-state index in [1.165, 1.54) is 25.8 Å². The third kappa shape index (κ3) is 6.46. The van der Waals surface area contributed by atoms with Crippen LogP contribution in [0.25, 0.3) is 0 Å². The zero-order valence-corrected chi connectivity index (χ0v) is 20.4. The van der Waals surface area contributed by atoms with Gasteiger partial charge in [-0.15, -0.1) is 0 Å². The summed E-state index contributed by atoms with van der Waals surface area (Å²) < 4.78 is 36.2. The molecule has 8 nitrogen and oxygen atoms in total. The lowest BCUT2D eigenvalue weighted by molar-refractivity contribution is -0.119. The number of carbonyl (C=O) groups is 1. The number of anilines is 1. The number of amides is 1. The highest BCUT2D eigenvalue weighted by Crippen LogP contribution is 2.33. The number of nitrogens with zero attached hydrogens (tertiary/aromatic N) is 2. The van der Waals surface area contributed by atoms with Gasteiger partial charge in [-0.3, -0.25) is 9.10 Å². The highest BCUT2D eigenvalue weighted by atomic mass is 32.2. The zero-order valence-electron chi connectivity index (χ0n) is 19.6. The monoisotopic (exact) mass is 461 g/mol. The molecule has 2 rings (SSSR count). The molecule has 0 aliphatic heterocycles. The number of benzene rings is 2. The minimum atomic E-state index is -3.79. The fraction of sp³-hybridized carbons (Fsp3) is 0.391. The van der Waals surface area contributed by atoms with E-state index >= 15 is 0 Å². The van der Waals surface area contributed by atoms with Crippen molar-refractivity contribution in [3.63, 3.8) is 0 Å². The third-order valence-electron chi connectivity index (χ3n) is 4.86. The van der Waals surface area contributed by atoms with E-state index in [-0.39, 0.29) is 11.1 Å². The number of rotatable bonds is 8. The van der Waals surface area contributed by atoms with Crippen LogP contribution in [-0.4, -0.2) is 47.1 Å². The highest BCUT2D eigenvalue weighted by molar-refractivity contribution is 7.92. The quantitative estimate of drug-likeness (QED) is 0.481. The molecule has 174 valence electrons. The SMILES string of the molecule is COc1ccc(OC)c(N(CC(=O)N/N=C(/C)c2ccc(C(C)(C)C)cc2)S(C)(=O)=O)c1. The Morgan fingerprint density at radius 3 is 2.19 bits per heavy atom. The number of methoxy groups -OCH3 is 2. The van der Waals surface area contributed by atoms with Gasteiger partial charge in [0.05, 0.1) is 31.9 Å². The molecule has 0 saturated carbocycles. The van der Waals surface area contributed by atoms with E-state index in [4.69, 9.17) is 9.47 Å². The molecule has 0 bridgehead atoms. The van der Waals surface area contributed by atoms with Crippen LogP contribution in [0.2, 0.25) is 0 Å². The van der Waals surface area contributed by atoms with Gasteiger partial charge in [-0.05, 0) is 35.6 Å². The predicted octanol–water partition coefficient (Wildman–Crippen LogP) is 3.31. The summed E-state index contributed by atoms with van der Waals surface area (Å²) in [5, 5.41) is 4.13. The van der Waals surface area contributed by atoms with Crippen LogP contribution < -0.4 is 19.2 Å². The third-order valence-corrected chi connectivity index (χ3v) is 5.99. The van der Waals surface area contributed by atoms with Gasteiger partial charge in [0.1, 0.15) is 18.0 Å². The molecule has 0 aliphatic carbocycles. The van der Waals surface area contributed by atoms with Gasteiger partial charge in [-0.2, -0.15) is 5.10 Å². The van der Waals surface area contributed by atoms with Gasteiger partial charge >= 0.3 is 0 Å². The Labute approximate surface area is 190 Å². The van der Waals surface area contributed by atoms with Gasteiger partial charge in [-0.25, -0.2) is 13.8 Å². The van der Waals surface area contributed by atoms with Crippen LogP contribution in [0.15, 0.2) is 47.6 Å². The first-order chi connectivity index (χ1) is 14.9. The van der Waals surface area contributed by atoms with Gasteiger partial charge in [0.2, 0.25) is 10.0 Å². The summed E-state index contributed by atoms with van der Waals surface area (Å²) in [6, 6.07) is 12.6. The molecule has 2 aromatic carbocycles. The van der Waals surface area contributed by atoms with Gasteiger partial charge < -0.3 is 9.47 Å². The molecule has 2 aromatic rings. The number of carbonyl (C=O) groups excluding carboxylic acids is 1. The fourth-order valence-electron chi connectivity index (χ4n) is 2.96. The minimum Gasteiger partial charge on any atom is -0.497 e. The van der Waals surface area contributed by atoms with E-state index in [0.717, 1.165) is 16.1 Å². The summed E-state index contributed by atoms with van der Waals surface area (Å²) in [7, 11) is -0.904. The Morgan fingerprint density at radius 1 is 1.06 bits per heavy atom. The Balaban J connectivity index is 2.22. The van der Waals surface area contributed by atoms with Crippen molar-refractivity contribution in [2.24, 2.45) is 5.10 Å². The lowest BCUT2D eigenvalue weighted by Gasteiger charge is -2.23. The molecular weight excluding hydrogens is 430 g/mol. The van der Waals surface area contributed by atoms with Gasteiger partial charge in [0.15, 0.2) is 0 Å². The van der Waals surface area contributed by atoms with Crippen molar-refractivity contribution < 1.29 is 22.7 Å². The summed E-state index contributed by atoms with van der Waals surface area (Å²) in [5.74, 6) is 0.135. The molecule has 0 saturated heterocycles. The maximum atomic E-state index is 12.6. The number of ether oxygens (including phenoxy) is 2. The van der Waals surface area contributed by atoms with E-state index in [9.17, 15) is 13.2 Å². The number of hydrogen-bond donors (Lipinski definition) is 1. The van der Waals surface area contributed by atoms with E-state index < -0.39 is 22.5 Å². The average molecular weight is 462 g/mol. The van der Waals surface area contributed by atoms with E-state index in [0.29, 0.717) is 17.2 Å². The molecular formula is C23H31N3O5S.